The van der Waals surface area contributed by atoms with Crippen LogP contribution in [0.25, 0.3) is 0 Å². The second-order valence-corrected chi connectivity index (χ2v) is 5.83. The number of rotatable bonds is 2. The van der Waals surface area contributed by atoms with Crippen LogP contribution in [0.4, 0.5) is 0 Å². The summed E-state index contributed by atoms with van der Waals surface area (Å²) in [5.74, 6) is 0.0342. The van der Waals surface area contributed by atoms with Gasteiger partial charge in [-0.3, -0.25) is 4.79 Å². The molecule has 4 nitrogen and oxygen atoms in total. The largest absolute Gasteiger partial charge is 0.366 e. The monoisotopic (exact) mass is 228 g/mol. The fourth-order valence-corrected chi connectivity index (χ4v) is 2.35. The first-order valence-corrected chi connectivity index (χ1v) is 5.91. The molecule has 2 N–H and O–H groups in total. The van der Waals surface area contributed by atoms with E-state index in [1.165, 1.54) is 0 Å². The number of nitrogens with zero attached hydrogens (tertiary/aromatic N) is 1. The molecule has 1 fully saturated rings. The molecule has 1 heterocycles. The second-order valence-electron chi connectivity index (χ2n) is 5.83. The summed E-state index contributed by atoms with van der Waals surface area (Å²) < 4.78 is 5.92. The Balaban J connectivity index is 2.78. The zero-order chi connectivity index (χ0) is 12.6. The first-order valence-electron chi connectivity index (χ1n) is 5.91. The van der Waals surface area contributed by atoms with Gasteiger partial charge in [0.05, 0.1) is 17.2 Å². The molecule has 1 aliphatic heterocycles. The Labute approximate surface area is 98.1 Å². The van der Waals surface area contributed by atoms with E-state index in [9.17, 15) is 4.79 Å². The summed E-state index contributed by atoms with van der Waals surface area (Å²) in [6.45, 7) is 11.2. The predicted octanol–water partition coefficient (Wildman–Crippen LogP) is 1.14. The van der Waals surface area contributed by atoms with E-state index in [2.05, 4.69) is 0 Å². The van der Waals surface area contributed by atoms with Gasteiger partial charge in [0.25, 0.3) is 0 Å². The van der Waals surface area contributed by atoms with Crippen LogP contribution in [0.15, 0.2) is 0 Å². The molecule has 16 heavy (non-hydrogen) atoms. The Morgan fingerprint density at radius 1 is 1.31 bits per heavy atom. The summed E-state index contributed by atoms with van der Waals surface area (Å²) >= 11 is 0. The number of hydrogen-bond donors (Lipinski definition) is 1. The van der Waals surface area contributed by atoms with Crippen molar-refractivity contribution in [2.24, 2.45) is 5.73 Å². The number of carbonyl (C=O) groups is 1. The van der Waals surface area contributed by atoms with Crippen LogP contribution in [0.1, 0.15) is 41.0 Å². The topological polar surface area (TPSA) is 55.6 Å². The number of ether oxygens (including phenoxy) is 1. The Kier molecular flexibility index (Phi) is 3.65. The highest BCUT2D eigenvalue weighted by molar-refractivity contribution is 5.81. The number of carbonyl (C=O) groups excluding carboxylic acids is 1. The van der Waals surface area contributed by atoms with Crippen molar-refractivity contribution in [3.8, 4) is 0 Å². The predicted molar refractivity (Wildman–Crippen MR) is 64.1 cm³/mol. The summed E-state index contributed by atoms with van der Waals surface area (Å²) in [5.41, 5.74) is 5.19. The molecule has 0 saturated carbocycles. The number of nitrogens with two attached hydrogens (primary N) is 1. The van der Waals surface area contributed by atoms with Crippen molar-refractivity contribution in [1.29, 1.82) is 0 Å². The van der Waals surface area contributed by atoms with Crippen LogP contribution >= 0.6 is 0 Å². The summed E-state index contributed by atoms with van der Waals surface area (Å²) in [4.78, 5) is 13.9. The molecular weight excluding hydrogens is 204 g/mol. The fourth-order valence-electron chi connectivity index (χ4n) is 2.35. The van der Waals surface area contributed by atoms with Crippen molar-refractivity contribution in [3.05, 3.63) is 0 Å². The number of amides is 1. The molecular formula is C12H24N2O2. The van der Waals surface area contributed by atoms with E-state index in [0.29, 0.717) is 19.5 Å². The van der Waals surface area contributed by atoms with E-state index in [4.69, 9.17) is 10.5 Å². The minimum absolute atomic E-state index is 0.0342. The lowest BCUT2D eigenvalue weighted by Crippen LogP contribution is -2.61. The average Bonchev–Trinajstić information content (AvgIpc) is 2.10. The van der Waals surface area contributed by atoms with Gasteiger partial charge in [-0.2, -0.15) is 0 Å². The van der Waals surface area contributed by atoms with Crippen LogP contribution < -0.4 is 5.73 Å². The van der Waals surface area contributed by atoms with Gasteiger partial charge in [-0.1, -0.05) is 6.92 Å². The minimum atomic E-state index is -0.385. The van der Waals surface area contributed by atoms with Crippen LogP contribution in [0.5, 0.6) is 0 Å². The molecule has 94 valence electrons. The molecule has 0 unspecified atom stereocenters. The summed E-state index contributed by atoms with van der Waals surface area (Å²) in [6, 6.07) is -0.385. The Hall–Kier alpha value is -0.610. The van der Waals surface area contributed by atoms with E-state index < -0.39 is 0 Å². The van der Waals surface area contributed by atoms with Gasteiger partial charge in [0.1, 0.15) is 0 Å². The van der Waals surface area contributed by atoms with Crippen molar-refractivity contribution in [2.75, 3.05) is 13.1 Å². The fraction of sp³-hybridized carbons (Fsp3) is 0.917. The van der Waals surface area contributed by atoms with Gasteiger partial charge in [0.15, 0.2) is 0 Å². The molecule has 0 aliphatic carbocycles. The highest BCUT2D eigenvalue weighted by atomic mass is 16.5. The van der Waals surface area contributed by atoms with E-state index in [-0.39, 0.29) is 23.2 Å². The van der Waals surface area contributed by atoms with Gasteiger partial charge < -0.3 is 15.4 Å². The van der Waals surface area contributed by atoms with Crippen LogP contribution in [0.3, 0.4) is 0 Å². The first-order chi connectivity index (χ1) is 7.17. The van der Waals surface area contributed by atoms with Gasteiger partial charge in [0.2, 0.25) is 5.91 Å². The van der Waals surface area contributed by atoms with E-state index in [0.717, 1.165) is 0 Å². The molecule has 4 heteroatoms. The third-order valence-corrected chi connectivity index (χ3v) is 2.76. The quantitative estimate of drug-likeness (QED) is 0.771. The van der Waals surface area contributed by atoms with Gasteiger partial charge in [-0.15, -0.1) is 0 Å². The molecule has 1 rings (SSSR count). The molecule has 0 aromatic rings. The smallest absolute Gasteiger partial charge is 0.239 e. The normalized spacial score (nSPS) is 25.2. The molecule has 0 spiro atoms. The maximum Gasteiger partial charge on any atom is 0.239 e. The van der Waals surface area contributed by atoms with E-state index in [1.807, 2.05) is 39.5 Å². The third-order valence-electron chi connectivity index (χ3n) is 2.76. The van der Waals surface area contributed by atoms with Crippen molar-refractivity contribution < 1.29 is 9.53 Å². The van der Waals surface area contributed by atoms with Gasteiger partial charge >= 0.3 is 0 Å². The molecule has 1 aliphatic rings. The van der Waals surface area contributed by atoms with Crippen LogP contribution in [0.2, 0.25) is 0 Å². The molecule has 1 atom stereocenters. The molecule has 0 aromatic carbocycles. The summed E-state index contributed by atoms with van der Waals surface area (Å²) in [6.07, 6.45) is 0.678. The van der Waals surface area contributed by atoms with Gasteiger partial charge in [-0.05, 0) is 34.1 Å². The Morgan fingerprint density at radius 2 is 1.75 bits per heavy atom. The van der Waals surface area contributed by atoms with Crippen molar-refractivity contribution in [1.82, 2.24) is 4.90 Å². The maximum absolute atomic E-state index is 12.1. The third kappa shape index (κ3) is 3.19. The van der Waals surface area contributed by atoms with Crippen molar-refractivity contribution >= 4 is 5.91 Å². The molecule has 0 bridgehead atoms. The van der Waals surface area contributed by atoms with Crippen LogP contribution in [-0.4, -0.2) is 41.1 Å². The highest BCUT2D eigenvalue weighted by Gasteiger charge is 2.40. The van der Waals surface area contributed by atoms with E-state index in [1.54, 1.807) is 0 Å². The second kappa shape index (κ2) is 4.34. The number of morpholine rings is 1. The standard InChI is InChI=1S/C12H24N2O2/c1-6-9(13)10(15)14-7-11(2,3)16-12(4,5)8-14/h9H,6-8,13H2,1-5H3/t9-/m1/s1. The van der Waals surface area contributed by atoms with Crippen LogP contribution in [-0.2, 0) is 9.53 Å². The zero-order valence-electron chi connectivity index (χ0n) is 11.0. The highest BCUT2D eigenvalue weighted by Crippen LogP contribution is 2.28. The van der Waals surface area contributed by atoms with E-state index >= 15 is 0 Å². The minimum Gasteiger partial charge on any atom is -0.366 e. The summed E-state index contributed by atoms with van der Waals surface area (Å²) in [7, 11) is 0. The molecule has 0 radical (unpaired) electrons. The Morgan fingerprint density at radius 3 is 2.12 bits per heavy atom. The first kappa shape index (κ1) is 13.5. The average molecular weight is 228 g/mol. The SMILES string of the molecule is CC[C@@H](N)C(=O)N1CC(C)(C)OC(C)(C)C1. The zero-order valence-corrected chi connectivity index (χ0v) is 11.0. The summed E-state index contributed by atoms with van der Waals surface area (Å²) in [5, 5.41) is 0. The Bertz CT molecular complexity index is 258. The van der Waals surface area contributed by atoms with Gasteiger partial charge in [0, 0.05) is 13.1 Å². The lowest BCUT2D eigenvalue weighted by atomic mass is 9.98. The van der Waals surface area contributed by atoms with Crippen molar-refractivity contribution in [3.63, 3.8) is 0 Å². The molecule has 1 amide bonds. The molecule has 1 saturated heterocycles. The number of hydrogen-bond acceptors (Lipinski definition) is 3. The lowest BCUT2D eigenvalue weighted by molar-refractivity contribution is -0.188. The van der Waals surface area contributed by atoms with Gasteiger partial charge in [-0.25, -0.2) is 0 Å². The lowest BCUT2D eigenvalue weighted by Gasteiger charge is -2.47. The van der Waals surface area contributed by atoms with Crippen LogP contribution in [0, 0.1) is 0 Å². The maximum atomic E-state index is 12.1. The molecule has 0 aromatic heterocycles. The van der Waals surface area contributed by atoms with Crippen molar-refractivity contribution in [2.45, 2.75) is 58.3 Å².